The lowest BCUT2D eigenvalue weighted by molar-refractivity contribution is 0.00206. The number of imide groups is 1. The molecule has 2 aliphatic heterocycles. The van der Waals surface area contributed by atoms with Crippen molar-refractivity contribution >= 4 is 39.9 Å². The van der Waals surface area contributed by atoms with E-state index in [2.05, 4.69) is 33.7 Å². The van der Waals surface area contributed by atoms with Gasteiger partial charge in [-0.1, -0.05) is 44.2 Å². The van der Waals surface area contributed by atoms with Crippen molar-refractivity contribution < 1.29 is 38.1 Å². The Kier molecular flexibility index (Phi) is 14.1. The molecule has 0 aliphatic carbocycles. The van der Waals surface area contributed by atoms with Crippen LogP contribution in [0, 0.1) is 5.92 Å². The molecule has 1 fully saturated rings. The van der Waals surface area contributed by atoms with Gasteiger partial charge in [0.15, 0.2) is 0 Å². The van der Waals surface area contributed by atoms with E-state index in [4.69, 9.17) is 23.7 Å². The third-order valence-electron chi connectivity index (χ3n) is 9.66. The zero-order valence-corrected chi connectivity index (χ0v) is 32.1. The van der Waals surface area contributed by atoms with Gasteiger partial charge in [0.1, 0.15) is 5.75 Å². The van der Waals surface area contributed by atoms with Gasteiger partial charge in [0.25, 0.3) is 17.7 Å². The second-order valence-corrected chi connectivity index (χ2v) is 14.0. The Balaban J connectivity index is 1.10. The summed E-state index contributed by atoms with van der Waals surface area (Å²) in [5.41, 5.74) is 5.18. The number of methoxy groups -OCH3 is 1. The monoisotopic (exact) mass is 752 g/mol. The van der Waals surface area contributed by atoms with Crippen molar-refractivity contribution in [2.75, 3.05) is 96.4 Å². The van der Waals surface area contributed by atoms with Gasteiger partial charge in [-0.05, 0) is 65.9 Å². The van der Waals surface area contributed by atoms with E-state index < -0.39 is 0 Å². The van der Waals surface area contributed by atoms with E-state index in [-0.39, 0.29) is 24.3 Å². The second-order valence-electron chi connectivity index (χ2n) is 14.0. The van der Waals surface area contributed by atoms with E-state index in [1.807, 2.05) is 32.0 Å². The van der Waals surface area contributed by atoms with Gasteiger partial charge < -0.3 is 39.2 Å². The Hall–Kier alpha value is -5.01. The maximum absolute atomic E-state index is 13.8. The highest BCUT2D eigenvalue weighted by molar-refractivity contribution is 6.26. The summed E-state index contributed by atoms with van der Waals surface area (Å²) >= 11 is 0. The molecule has 2 N–H and O–H groups in total. The summed E-state index contributed by atoms with van der Waals surface area (Å²) in [6, 6.07) is 22.6. The molecule has 6 rings (SSSR count). The van der Waals surface area contributed by atoms with Gasteiger partial charge in [0.05, 0.1) is 72.2 Å². The molecular weight excluding hydrogens is 700 g/mol. The Morgan fingerprint density at radius 1 is 0.764 bits per heavy atom. The van der Waals surface area contributed by atoms with Gasteiger partial charge in [-0.2, -0.15) is 0 Å². The summed E-state index contributed by atoms with van der Waals surface area (Å²) in [5.74, 6) is 0.283. The number of rotatable bonds is 11. The molecule has 0 spiro atoms. The summed E-state index contributed by atoms with van der Waals surface area (Å²) in [5, 5.41) is 7.93. The summed E-state index contributed by atoms with van der Waals surface area (Å²) in [4.78, 5) is 43.5. The van der Waals surface area contributed by atoms with Crippen LogP contribution < -0.4 is 20.3 Å². The Labute approximate surface area is 323 Å². The van der Waals surface area contributed by atoms with Gasteiger partial charge in [-0.25, -0.2) is 0 Å². The van der Waals surface area contributed by atoms with Gasteiger partial charge in [-0.3, -0.25) is 19.3 Å². The lowest BCUT2D eigenvalue weighted by atomic mass is 9.92. The number of amides is 3. The van der Waals surface area contributed by atoms with Crippen molar-refractivity contribution in [3.05, 3.63) is 101 Å². The van der Waals surface area contributed by atoms with Crippen LogP contribution >= 0.6 is 0 Å². The largest absolute Gasteiger partial charge is 0.495 e. The SMILES string of the molecule is COc1cc(CCNc2ccc3c4c(cccc24)C(=O)N(Cc2ccc(C(=O)NCC(C)C)cc2)C3=O)ccc1N1CCOCCOCCOCCOCC1. The third kappa shape index (κ3) is 10.2. The van der Waals surface area contributed by atoms with Crippen LogP contribution in [0.15, 0.2) is 72.8 Å². The highest BCUT2D eigenvalue weighted by Crippen LogP contribution is 2.35. The van der Waals surface area contributed by atoms with Crippen LogP contribution in [-0.2, 0) is 31.9 Å². The predicted molar refractivity (Wildman–Crippen MR) is 212 cm³/mol. The zero-order valence-electron chi connectivity index (χ0n) is 32.1. The molecule has 4 aromatic carbocycles. The van der Waals surface area contributed by atoms with Crippen LogP contribution in [0.3, 0.4) is 0 Å². The first-order chi connectivity index (χ1) is 26.8. The Morgan fingerprint density at radius 2 is 1.38 bits per heavy atom. The van der Waals surface area contributed by atoms with E-state index in [9.17, 15) is 14.4 Å². The fourth-order valence-electron chi connectivity index (χ4n) is 6.73. The van der Waals surface area contributed by atoms with E-state index in [1.165, 1.54) is 4.90 Å². The van der Waals surface area contributed by atoms with Gasteiger partial charge in [0, 0.05) is 59.3 Å². The molecular formula is C43H52N4O8. The van der Waals surface area contributed by atoms with E-state index >= 15 is 0 Å². The highest BCUT2D eigenvalue weighted by Gasteiger charge is 2.33. The second kappa shape index (κ2) is 19.5. The fourth-order valence-corrected chi connectivity index (χ4v) is 6.73. The molecule has 0 saturated carbocycles. The molecule has 2 heterocycles. The molecule has 0 unspecified atom stereocenters. The summed E-state index contributed by atoms with van der Waals surface area (Å²) in [7, 11) is 1.68. The third-order valence-corrected chi connectivity index (χ3v) is 9.66. The van der Waals surface area contributed by atoms with Crippen molar-refractivity contribution in [2.24, 2.45) is 5.92 Å². The number of ether oxygens (including phenoxy) is 5. The number of nitrogens with one attached hydrogen (secondary N) is 2. The van der Waals surface area contributed by atoms with Crippen molar-refractivity contribution in [3.8, 4) is 5.75 Å². The van der Waals surface area contributed by atoms with E-state index in [0.29, 0.717) is 107 Å². The first-order valence-corrected chi connectivity index (χ1v) is 19.1. The van der Waals surface area contributed by atoms with Crippen LogP contribution in [0.25, 0.3) is 10.8 Å². The maximum Gasteiger partial charge on any atom is 0.261 e. The minimum absolute atomic E-state index is 0.105. The quantitative estimate of drug-likeness (QED) is 0.188. The maximum atomic E-state index is 13.8. The molecule has 0 atom stereocenters. The number of nitrogens with zero attached hydrogens (tertiary/aromatic N) is 2. The summed E-state index contributed by atoms with van der Waals surface area (Å²) < 4.78 is 28.6. The first-order valence-electron chi connectivity index (χ1n) is 19.1. The number of hydrogen-bond acceptors (Lipinski definition) is 10. The number of carbonyl (C=O) groups excluding carboxylic acids is 3. The van der Waals surface area contributed by atoms with Crippen LogP contribution in [0.4, 0.5) is 11.4 Å². The van der Waals surface area contributed by atoms with Crippen molar-refractivity contribution in [3.63, 3.8) is 0 Å². The molecule has 292 valence electrons. The molecule has 55 heavy (non-hydrogen) atoms. The van der Waals surface area contributed by atoms with E-state index in [0.717, 1.165) is 40.1 Å². The lowest BCUT2D eigenvalue weighted by Crippen LogP contribution is -2.39. The van der Waals surface area contributed by atoms with Crippen molar-refractivity contribution in [1.29, 1.82) is 0 Å². The number of hydrogen-bond donors (Lipinski definition) is 2. The predicted octanol–water partition coefficient (Wildman–Crippen LogP) is 5.57. The number of anilines is 2. The van der Waals surface area contributed by atoms with Crippen LogP contribution in [0.5, 0.6) is 5.75 Å². The van der Waals surface area contributed by atoms with E-state index in [1.54, 1.807) is 43.5 Å². The van der Waals surface area contributed by atoms with Crippen LogP contribution in [-0.4, -0.2) is 109 Å². The molecule has 12 heteroatoms. The standard InChI is InChI=1S/C43H52N4O8/c1-30(2)28-45-41(48)33-10-7-32(8-11-33)29-47-42(49)35-6-4-5-34-37(13-12-36(40(34)35)43(47)50)44-16-15-31-9-14-38(39(27-31)51-3)46-17-19-52-21-23-54-25-26-55-24-22-53-20-18-46/h4-14,27,30,44H,15-26,28-29H2,1-3H3,(H,45,48). The molecule has 4 aromatic rings. The normalized spacial score (nSPS) is 16.1. The molecule has 0 radical (unpaired) electrons. The average Bonchev–Trinajstić information content (AvgIpc) is 3.21. The summed E-state index contributed by atoms with van der Waals surface area (Å²) in [6.07, 6.45) is 0.718. The molecule has 12 nitrogen and oxygen atoms in total. The average molecular weight is 753 g/mol. The van der Waals surface area contributed by atoms with Crippen molar-refractivity contribution in [1.82, 2.24) is 10.2 Å². The molecule has 0 bridgehead atoms. The highest BCUT2D eigenvalue weighted by atomic mass is 16.6. The smallest absolute Gasteiger partial charge is 0.261 e. The number of carbonyl (C=O) groups is 3. The lowest BCUT2D eigenvalue weighted by Gasteiger charge is -2.28. The fraction of sp³-hybridized carbons (Fsp3) is 0.419. The minimum Gasteiger partial charge on any atom is -0.495 e. The van der Waals surface area contributed by atoms with Crippen LogP contribution in [0.2, 0.25) is 0 Å². The Morgan fingerprint density at radius 3 is 2.02 bits per heavy atom. The first kappa shape index (κ1) is 39.7. The zero-order chi connectivity index (χ0) is 38.6. The molecule has 2 aliphatic rings. The topological polar surface area (TPSA) is 128 Å². The van der Waals surface area contributed by atoms with Crippen LogP contribution in [0.1, 0.15) is 56.0 Å². The number of benzene rings is 4. The van der Waals surface area contributed by atoms with Gasteiger partial charge >= 0.3 is 0 Å². The van der Waals surface area contributed by atoms with Gasteiger partial charge in [0.2, 0.25) is 0 Å². The minimum atomic E-state index is -0.342. The summed E-state index contributed by atoms with van der Waals surface area (Å²) in [6.45, 7) is 11.0. The van der Waals surface area contributed by atoms with Crippen molar-refractivity contribution in [2.45, 2.75) is 26.8 Å². The Bertz CT molecular complexity index is 1890. The molecule has 1 saturated heterocycles. The van der Waals surface area contributed by atoms with Gasteiger partial charge in [-0.15, -0.1) is 0 Å². The molecule has 3 amide bonds. The molecule has 0 aromatic heterocycles.